The maximum Gasteiger partial charge on any atom is 0.244 e. The molecule has 7 atom stereocenters. The molecule has 3 saturated carbocycles. The topological polar surface area (TPSA) is 87.0 Å². The van der Waals surface area contributed by atoms with Gasteiger partial charge in [0.1, 0.15) is 6.07 Å². The Labute approximate surface area is 273 Å². The predicted octanol–water partition coefficient (Wildman–Crippen LogP) is 8.44. The molecule has 1 N–H and O–H groups in total. The molecule has 0 saturated heterocycles. The first-order valence-electron chi connectivity index (χ1n) is 16.6. The second-order valence-electron chi connectivity index (χ2n) is 16.8. The van der Waals surface area contributed by atoms with Gasteiger partial charge in [0, 0.05) is 33.4 Å². The normalized spacial score (nSPS) is 39.8. The number of nitrogens with one attached hydrogen (secondary N) is 1. The number of nitrogens with zero attached hydrogens (tertiary/aromatic N) is 1. The Morgan fingerprint density at radius 1 is 0.978 bits per heavy atom. The molecule has 1 amide bonds. The first-order chi connectivity index (χ1) is 20.9. The zero-order valence-corrected chi connectivity index (χ0v) is 28.6. The monoisotopic (exact) mass is 626 g/mol. The number of halogens is 1. The van der Waals surface area contributed by atoms with Gasteiger partial charge in [0.2, 0.25) is 5.91 Å². The summed E-state index contributed by atoms with van der Waals surface area (Å²) in [6.45, 7) is 15.4. The van der Waals surface area contributed by atoms with E-state index in [0.29, 0.717) is 5.02 Å². The Bertz CT molecular complexity index is 1610. The summed E-state index contributed by atoms with van der Waals surface area (Å²) in [6, 6.07) is 9.60. The largest absolute Gasteiger partial charge is 0.347 e. The lowest BCUT2D eigenvalue weighted by Crippen LogP contribution is -2.69. The zero-order chi connectivity index (χ0) is 32.8. The van der Waals surface area contributed by atoms with Crippen molar-refractivity contribution < 1.29 is 14.4 Å². The number of allylic oxidation sites excluding steroid dienone is 4. The lowest BCUT2D eigenvalue weighted by Gasteiger charge is -2.69. The Morgan fingerprint density at radius 3 is 2.31 bits per heavy atom. The number of Topliss-reactive ketones (excluding diaryl/α,β-unsaturated/α-hetero) is 1. The fourth-order valence-electron chi connectivity index (χ4n) is 10.9. The SMILES string of the molecule is CC1(C)CC[C@]2(NC(=O)/C=C/c3ccc(Cl)cc3)CC[C@]3(C)[C@H](C(=O)C=C4[C@@]5(C)C=C(C#N)C(=O)C(C)(C)[C@@H]5CC[C@]43C)[C@@H]2C1. The highest BCUT2D eigenvalue weighted by atomic mass is 35.5. The van der Waals surface area contributed by atoms with Gasteiger partial charge in [-0.05, 0) is 103 Å². The van der Waals surface area contributed by atoms with E-state index < -0.39 is 16.4 Å². The number of ketones is 2. The number of carbonyl (C=O) groups excluding carboxylic acids is 3. The third kappa shape index (κ3) is 4.64. The minimum atomic E-state index is -0.684. The summed E-state index contributed by atoms with van der Waals surface area (Å²) >= 11 is 6.04. The molecule has 0 heterocycles. The van der Waals surface area contributed by atoms with E-state index in [1.54, 1.807) is 6.08 Å². The third-order valence-corrected chi connectivity index (χ3v) is 13.8. The molecule has 0 spiro atoms. The predicted molar refractivity (Wildman–Crippen MR) is 178 cm³/mol. The van der Waals surface area contributed by atoms with E-state index in [1.807, 2.05) is 56.3 Å². The van der Waals surface area contributed by atoms with Crippen LogP contribution in [-0.2, 0) is 14.4 Å². The molecule has 0 bridgehead atoms. The van der Waals surface area contributed by atoms with Crippen molar-refractivity contribution >= 4 is 35.2 Å². The molecule has 1 aromatic rings. The molecule has 238 valence electrons. The van der Waals surface area contributed by atoms with Crippen LogP contribution in [0.5, 0.6) is 0 Å². The van der Waals surface area contributed by atoms with Crippen LogP contribution in [-0.4, -0.2) is 23.0 Å². The van der Waals surface area contributed by atoms with Gasteiger partial charge in [-0.15, -0.1) is 0 Å². The van der Waals surface area contributed by atoms with Gasteiger partial charge in [-0.2, -0.15) is 5.26 Å². The van der Waals surface area contributed by atoms with E-state index in [1.165, 1.54) is 0 Å². The molecule has 0 aliphatic heterocycles. The van der Waals surface area contributed by atoms with Crippen molar-refractivity contribution in [3.8, 4) is 6.07 Å². The lowest BCUT2D eigenvalue weighted by atomic mass is 9.35. The van der Waals surface area contributed by atoms with Crippen molar-refractivity contribution in [2.75, 3.05) is 0 Å². The van der Waals surface area contributed by atoms with Gasteiger partial charge >= 0.3 is 0 Å². The van der Waals surface area contributed by atoms with E-state index in [2.05, 4.69) is 46.0 Å². The summed E-state index contributed by atoms with van der Waals surface area (Å²) < 4.78 is 0. The van der Waals surface area contributed by atoms with Crippen LogP contribution in [0.15, 0.2) is 53.6 Å². The third-order valence-electron chi connectivity index (χ3n) is 13.5. The van der Waals surface area contributed by atoms with Crippen LogP contribution in [0.3, 0.4) is 0 Å². The summed E-state index contributed by atoms with van der Waals surface area (Å²) in [5.41, 5.74) is -0.0123. The number of hydrogen-bond donors (Lipinski definition) is 1. The van der Waals surface area contributed by atoms with Gasteiger partial charge in [0.25, 0.3) is 0 Å². The van der Waals surface area contributed by atoms with Crippen molar-refractivity contribution in [2.24, 2.45) is 44.8 Å². The molecule has 6 rings (SSSR count). The molecular weight excluding hydrogens is 580 g/mol. The molecule has 45 heavy (non-hydrogen) atoms. The second-order valence-corrected chi connectivity index (χ2v) is 17.2. The first kappa shape index (κ1) is 32.0. The first-order valence-corrected chi connectivity index (χ1v) is 17.0. The smallest absolute Gasteiger partial charge is 0.244 e. The number of rotatable bonds is 3. The van der Waals surface area contributed by atoms with Crippen LogP contribution < -0.4 is 5.32 Å². The van der Waals surface area contributed by atoms with Crippen LogP contribution in [0.25, 0.3) is 6.08 Å². The molecule has 0 radical (unpaired) electrons. The van der Waals surface area contributed by atoms with Gasteiger partial charge in [-0.1, -0.05) is 83.8 Å². The molecule has 6 heteroatoms. The van der Waals surface area contributed by atoms with Crippen molar-refractivity contribution in [1.82, 2.24) is 5.32 Å². The Kier molecular flexibility index (Phi) is 7.30. The van der Waals surface area contributed by atoms with Crippen LogP contribution in [0.1, 0.15) is 99.0 Å². The Hall–Kier alpha value is -2.97. The van der Waals surface area contributed by atoms with E-state index in [4.69, 9.17) is 11.6 Å². The van der Waals surface area contributed by atoms with Crippen LogP contribution in [0, 0.1) is 56.2 Å². The van der Waals surface area contributed by atoms with Crippen molar-refractivity contribution in [1.29, 1.82) is 5.26 Å². The van der Waals surface area contributed by atoms with Crippen molar-refractivity contribution in [3.05, 3.63) is 64.2 Å². The Balaban J connectivity index is 1.41. The number of hydrogen-bond acceptors (Lipinski definition) is 4. The van der Waals surface area contributed by atoms with E-state index in [-0.39, 0.29) is 57.0 Å². The van der Waals surface area contributed by atoms with Gasteiger partial charge in [-0.3, -0.25) is 14.4 Å². The number of fused-ring (bicyclic) bond motifs is 7. The van der Waals surface area contributed by atoms with E-state index >= 15 is 0 Å². The summed E-state index contributed by atoms with van der Waals surface area (Å²) in [4.78, 5) is 41.6. The molecule has 5 aliphatic carbocycles. The molecular formula is C39H47ClN2O3. The molecule has 1 aromatic carbocycles. The molecule has 5 aliphatic rings. The quantitative estimate of drug-likeness (QED) is 0.341. The standard InChI is InChI=1S/C39H47ClN2O3/c1-34(2)16-18-39(42-31(44)13-10-24-8-11-26(40)12-9-24)19-17-38(7)32(27(39)22-34)28(43)20-30-36(5)21-25(23-41)33(45)35(3,4)29(36)14-15-37(30,38)6/h8-13,20-21,27,29,32H,14-19,22H2,1-7H3,(H,42,44)/b13-10+/t27-,29-,32-,36-,37+,38+,39-/m0/s1. The number of nitriles is 1. The molecule has 3 fully saturated rings. The Morgan fingerprint density at radius 2 is 1.64 bits per heavy atom. The van der Waals surface area contributed by atoms with Crippen LogP contribution in [0.2, 0.25) is 5.02 Å². The van der Waals surface area contributed by atoms with E-state index in [9.17, 15) is 19.6 Å². The molecule has 5 nitrogen and oxygen atoms in total. The van der Waals surface area contributed by atoms with Gasteiger partial charge in [0.15, 0.2) is 11.6 Å². The van der Waals surface area contributed by atoms with Gasteiger partial charge in [-0.25, -0.2) is 0 Å². The average Bonchev–Trinajstić information content (AvgIpc) is 2.96. The number of carbonyl (C=O) groups is 3. The van der Waals surface area contributed by atoms with Crippen molar-refractivity contribution in [3.63, 3.8) is 0 Å². The van der Waals surface area contributed by atoms with Crippen LogP contribution in [0.4, 0.5) is 0 Å². The summed E-state index contributed by atoms with van der Waals surface area (Å²) in [5.74, 6) is -0.264. The van der Waals surface area contributed by atoms with E-state index in [0.717, 1.165) is 56.1 Å². The summed E-state index contributed by atoms with van der Waals surface area (Å²) in [7, 11) is 0. The fourth-order valence-corrected chi connectivity index (χ4v) is 11.0. The molecule has 0 unspecified atom stereocenters. The number of amides is 1. The average molecular weight is 627 g/mol. The number of benzene rings is 1. The highest BCUT2D eigenvalue weighted by Crippen LogP contribution is 2.73. The van der Waals surface area contributed by atoms with Crippen LogP contribution >= 0.6 is 11.6 Å². The molecule has 0 aromatic heterocycles. The zero-order valence-electron chi connectivity index (χ0n) is 27.9. The van der Waals surface area contributed by atoms with Crippen molar-refractivity contribution in [2.45, 2.75) is 99.0 Å². The van der Waals surface area contributed by atoms with Gasteiger partial charge < -0.3 is 5.32 Å². The fraction of sp³-hybridized carbons (Fsp3) is 0.590. The second kappa shape index (κ2) is 10.3. The maximum absolute atomic E-state index is 14.7. The highest BCUT2D eigenvalue weighted by Gasteiger charge is 2.70. The summed E-state index contributed by atoms with van der Waals surface area (Å²) in [5, 5.41) is 14.1. The van der Waals surface area contributed by atoms with Gasteiger partial charge in [0.05, 0.1) is 5.57 Å². The summed E-state index contributed by atoms with van der Waals surface area (Å²) in [6.07, 6.45) is 13.4. The highest BCUT2D eigenvalue weighted by molar-refractivity contribution is 6.30. The maximum atomic E-state index is 14.7. The lowest BCUT2D eigenvalue weighted by molar-refractivity contribution is -0.163. The minimum Gasteiger partial charge on any atom is -0.347 e. The minimum absolute atomic E-state index is 0.00937.